The van der Waals surface area contributed by atoms with E-state index >= 15 is 8.78 Å². The zero-order chi connectivity index (χ0) is 43.6. The van der Waals surface area contributed by atoms with E-state index in [-0.39, 0.29) is 11.6 Å². The fourth-order valence-corrected chi connectivity index (χ4v) is 8.96. The predicted molar refractivity (Wildman–Crippen MR) is 207 cm³/mol. The van der Waals surface area contributed by atoms with E-state index in [2.05, 4.69) is 9.72 Å². The molecule has 3 aromatic carbocycles. The summed E-state index contributed by atoms with van der Waals surface area (Å²) in [7, 11) is 2.07. The molecule has 0 N–H and O–H groups in total. The molecule has 1 aromatic heterocycles. The van der Waals surface area contributed by atoms with E-state index in [4.69, 9.17) is 16.3 Å². The highest BCUT2D eigenvalue weighted by atomic mass is 35.5. The molecule has 0 fully saturated rings. The SMILES string of the molecule is COc1cc(C(C)(C)c2cnc(SCc3c(F)cc(S(=O)(=O)N(CCCC[N+](C)(C)C)C(C)(C)C(=O)OC(=O)C(F)(F)F)cc3F)n2-c2ccc(F)cc2)ccc1Cl. The van der Waals surface area contributed by atoms with Gasteiger partial charge in [0, 0.05) is 29.0 Å². The molecular weight excluding hydrogens is 834 g/mol. The molecule has 0 aliphatic rings. The number of unbranched alkanes of at least 4 members (excludes halogenated alkanes) is 1. The second-order valence-electron chi connectivity index (χ2n) is 15.4. The Morgan fingerprint density at radius 2 is 1.52 bits per heavy atom. The highest BCUT2D eigenvalue weighted by Gasteiger charge is 2.49. The van der Waals surface area contributed by atoms with Crippen molar-refractivity contribution in [3.63, 3.8) is 0 Å². The van der Waals surface area contributed by atoms with Gasteiger partial charge in [-0.05, 0) is 80.8 Å². The van der Waals surface area contributed by atoms with Crippen LogP contribution in [0.1, 0.15) is 57.4 Å². The van der Waals surface area contributed by atoms with Gasteiger partial charge in [0.05, 0.1) is 56.6 Å². The number of sulfonamides is 1. The van der Waals surface area contributed by atoms with E-state index in [0.29, 0.717) is 56.0 Å². The van der Waals surface area contributed by atoms with Crippen molar-refractivity contribution < 1.29 is 58.3 Å². The number of carbonyl (C=O) groups is 2. The molecule has 19 heteroatoms. The van der Waals surface area contributed by atoms with Crippen molar-refractivity contribution in [1.29, 1.82) is 0 Å². The Balaban J connectivity index is 1.71. The van der Waals surface area contributed by atoms with Gasteiger partial charge in [0.15, 0.2) is 5.16 Å². The number of hydrogen-bond donors (Lipinski definition) is 0. The maximum Gasteiger partial charge on any atom is 0.491 e. The normalized spacial score (nSPS) is 12.9. The van der Waals surface area contributed by atoms with Gasteiger partial charge in [0.2, 0.25) is 10.0 Å². The number of nitrogens with zero attached hydrogens (tertiary/aromatic N) is 4. The van der Waals surface area contributed by atoms with Crippen molar-refractivity contribution in [2.24, 2.45) is 0 Å². The third kappa shape index (κ3) is 10.5. The Bertz CT molecular complexity index is 2240. The van der Waals surface area contributed by atoms with Crippen LogP contribution >= 0.6 is 23.4 Å². The Kier molecular flexibility index (Phi) is 14.2. The van der Waals surface area contributed by atoms with Crippen LogP contribution in [0.4, 0.5) is 26.3 Å². The first-order valence-electron chi connectivity index (χ1n) is 17.7. The molecule has 0 bridgehead atoms. The molecule has 0 radical (unpaired) electrons. The van der Waals surface area contributed by atoms with Crippen LogP contribution in [0.5, 0.6) is 5.75 Å². The van der Waals surface area contributed by atoms with Crippen molar-refractivity contribution in [3.05, 3.63) is 100 Å². The summed E-state index contributed by atoms with van der Waals surface area (Å²) in [6.07, 6.45) is -3.51. The summed E-state index contributed by atoms with van der Waals surface area (Å²) in [5, 5.41) is 0.639. The molecule has 1 heterocycles. The predicted octanol–water partition coefficient (Wildman–Crippen LogP) is 8.46. The number of esters is 2. The van der Waals surface area contributed by atoms with Crippen LogP contribution in [0.15, 0.2) is 70.8 Å². The maximum atomic E-state index is 15.9. The third-order valence-corrected chi connectivity index (χ3v) is 12.7. The number of benzene rings is 3. The fourth-order valence-electron chi connectivity index (χ4n) is 5.95. The van der Waals surface area contributed by atoms with Crippen LogP contribution < -0.4 is 4.74 Å². The van der Waals surface area contributed by atoms with Crippen molar-refractivity contribution >= 4 is 45.3 Å². The van der Waals surface area contributed by atoms with Crippen molar-refractivity contribution in [2.45, 2.75) is 73.5 Å². The fraction of sp³-hybridized carbons (Fsp3) is 0.410. The molecule has 0 aliphatic heterocycles. The van der Waals surface area contributed by atoms with Gasteiger partial charge in [-0.2, -0.15) is 17.5 Å². The standard InChI is InChI=1S/C39H44ClF6N4O6S2/c1-37(2,24-11-16-29(40)32(19-24)55-8)33-22-47-36(49(33)26-14-12-25(41)13-15-26)57-23-28-30(42)20-27(21-31(28)43)58(53,54)48(17-9-10-18-50(5,6)7)38(3,4)34(51)56-35(52)39(44,45)46/h11-16,19-22H,9-10,17-18,23H2,1-8H3/q+1. The topological polar surface area (TPSA) is 108 Å². The van der Waals surface area contributed by atoms with Gasteiger partial charge >= 0.3 is 18.1 Å². The summed E-state index contributed by atoms with van der Waals surface area (Å²) < 4.78 is 125. The molecular formula is C39H44ClF6N4O6S2+. The second-order valence-corrected chi connectivity index (χ2v) is 18.6. The Labute approximate surface area is 342 Å². The molecule has 0 saturated carbocycles. The first-order valence-corrected chi connectivity index (χ1v) is 20.5. The number of thioether (sulfide) groups is 1. The molecule has 10 nitrogen and oxygen atoms in total. The zero-order valence-corrected chi connectivity index (χ0v) is 35.4. The Morgan fingerprint density at radius 3 is 2.07 bits per heavy atom. The van der Waals surface area contributed by atoms with Gasteiger partial charge in [-0.1, -0.05) is 43.3 Å². The lowest BCUT2D eigenvalue weighted by Crippen LogP contribution is -2.55. The van der Waals surface area contributed by atoms with Crippen LogP contribution in [-0.4, -0.2) is 91.8 Å². The maximum absolute atomic E-state index is 15.9. The molecule has 0 atom stereocenters. The van der Waals surface area contributed by atoms with E-state index in [9.17, 15) is 35.6 Å². The van der Waals surface area contributed by atoms with Crippen LogP contribution in [0.25, 0.3) is 5.69 Å². The summed E-state index contributed by atoms with van der Waals surface area (Å²) >= 11 is 7.18. The number of imidazole rings is 1. The number of rotatable bonds is 16. The molecule has 4 rings (SSSR count). The van der Waals surface area contributed by atoms with E-state index in [1.54, 1.807) is 29.0 Å². The first kappa shape index (κ1) is 46.6. The minimum atomic E-state index is -5.56. The lowest BCUT2D eigenvalue weighted by molar-refractivity contribution is -0.870. The quantitative estimate of drug-likeness (QED) is 0.0276. The lowest BCUT2D eigenvalue weighted by Gasteiger charge is -2.35. The van der Waals surface area contributed by atoms with E-state index in [0.717, 1.165) is 31.2 Å². The van der Waals surface area contributed by atoms with Gasteiger partial charge < -0.3 is 14.0 Å². The van der Waals surface area contributed by atoms with Crippen LogP contribution in [0.3, 0.4) is 0 Å². The highest BCUT2D eigenvalue weighted by molar-refractivity contribution is 7.98. The van der Waals surface area contributed by atoms with Gasteiger partial charge in [-0.25, -0.2) is 36.2 Å². The second kappa shape index (κ2) is 17.6. The minimum absolute atomic E-state index is 0.0867. The number of methoxy groups -OCH3 is 1. The van der Waals surface area contributed by atoms with E-state index in [1.807, 2.05) is 35.0 Å². The third-order valence-electron chi connectivity index (χ3n) is 9.36. The summed E-state index contributed by atoms with van der Waals surface area (Å²) in [6, 6.07) is 11.8. The zero-order valence-electron chi connectivity index (χ0n) is 33.0. The summed E-state index contributed by atoms with van der Waals surface area (Å²) in [5.74, 6) is -7.74. The van der Waals surface area contributed by atoms with E-state index < -0.39 is 79.3 Å². The summed E-state index contributed by atoms with van der Waals surface area (Å²) in [6.45, 7) is 5.73. The molecule has 316 valence electrons. The summed E-state index contributed by atoms with van der Waals surface area (Å²) in [5.41, 5.74) is -1.90. The molecule has 0 saturated heterocycles. The minimum Gasteiger partial charge on any atom is -0.495 e. The average Bonchev–Trinajstić information content (AvgIpc) is 3.55. The smallest absolute Gasteiger partial charge is 0.491 e. The van der Waals surface area contributed by atoms with Gasteiger partial charge in [0.25, 0.3) is 0 Å². The Morgan fingerprint density at radius 1 is 0.914 bits per heavy atom. The number of halogens is 7. The highest BCUT2D eigenvalue weighted by Crippen LogP contribution is 2.40. The van der Waals surface area contributed by atoms with Gasteiger partial charge in [-0.3, -0.25) is 4.57 Å². The summed E-state index contributed by atoms with van der Waals surface area (Å²) in [4.78, 5) is 28.1. The molecule has 0 spiro atoms. The molecule has 0 aliphatic carbocycles. The monoisotopic (exact) mass is 877 g/mol. The number of hydrogen-bond acceptors (Lipinski definition) is 8. The number of quaternary nitrogens is 1. The van der Waals surface area contributed by atoms with Crippen LogP contribution in [-0.2, 0) is 35.5 Å². The van der Waals surface area contributed by atoms with Crippen molar-refractivity contribution in [3.8, 4) is 11.4 Å². The van der Waals surface area contributed by atoms with E-state index in [1.165, 1.54) is 31.4 Å². The van der Waals surface area contributed by atoms with Crippen molar-refractivity contribution in [2.75, 3.05) is 41.3 Å². The largest absolute Gasteiger partial charge is 0.495 e. The number of aromatic nitrogens is 2. The molecule has 58 heavy (non-hydrogen) atoms. The average molecular weight is 878 g/mol. The van der Waals surface area contributed by atoms with Gasteiger partial charge in [-0.15, -0.1) is 0 Å². The molecule has 4 aromatic rings. The molecule has 0 amide bonds. The number of ether oxygens (including phenoxy) is 2. The number of alkyl halides is 3. The van der Waals surface area contributed by atoms with Gasteiger partial charge in [0.1, 0.15) is 28.7 Å². The lowest BCUT2D eigenvalue weighted by atomic mass is 9.81. The first-order chi connectivity index (χ1) is 26.7. The number of carbonyl (C=O) groups excluding carboxylic acids is 2. The Hall–Kier alpha value is -4.10. The van der Waals surface area contributed by atoms with Crippen LogP contribution in [0, 0.1) is 17.5 Å². The molecule has 0 unspecified atom stereocenters. The van der Waals surface area contributed by atoms with Crippen LogP contribution in [0.2, 0.25) is 5.02 Å². The van der Waals surface area contributed by atoms with Crippen molar-refractivity contribution in [1.82, 2.24) is 13.9 Å².